The number of imidazole rings is 1. The molecule has 0 bridgehead atoms. The Bertz CT molecular complexity index is 354. The fourth-order valence-corrected chi connectivity index (χ4v) is 2.18. The number of anilines is 1. The zero-order valence-corrected chi connectivity index (χ0v) is 11.5. The van der Waals surface area contributed by atoms with Crippen LogP contribution in [0, 0.1) is 0 Å². The van der Waals surface area contributed by atoms with E-state index in [1.54, 1.807) is 13.3 Å². The average Bonchev–Trinajstić information content (AvgIpc) is 2.73. The van der Waals surface area contributed by atoms with Gasteiger partial charge in [-0.05, 0) is 6.92 Å². The maximum atomic E-state index is 11.4. The van der Waals surface area contributed by atoms with E-state index < -0.39 is 10.8 Å². The zero-order valence-electron chi connectivity index (χ0n) is 10.7. The monoisotopic (exact) mass is 259 g/mol. The molecule has 2 unspecified atom stereocenters. The Morgan fingerprint density at radius 3 is 3.06 bits per heavy atom. The first-order valence-corrected chi connectivity index (χ1v) is 7.27. The Labute approximate surface area is 105 Å². The Morgan fingerprint density at radius 1 is 1.65 bits per heavy atom. The Kier molecular flexibility index (Phi) is 6.21. The van der Waals surface area contributed by atoms with Crippen molar-refractivity contribution in [2.24, 2.45) is 0 Å². The molecule has 6 heteroatoms. The molecule has 0 radical (unpaired) electrons. The van der Waals surface area contributed by atoms with Crippen molar-refractivity contribution in [3.63, 3.8) is 0 Å². The highest BCUT2D eigenvalue weighted by Crippen LogP contribution is 2.06. The fraction of sp³-hybridized carbons (Fsp3) is 0.727. The minimum absolute atomic E-state index is 0.206. The van der Waals surface area contributed by atoms with Gasteiger partial charge in [-0.2, -0.15) is 0 Å². The molecule has 1 heterocycles. The number of hydrogen-bond donors (Lipinski definition) is 1. The SMILES string of the molecule is CCS(=O)CCn1ccnc1NC(C)COC. The highest BCUT2D eigenvalue weighted by atomic mass is 32.2. The molecule has 1 aromatic heterocycles. The van der Waals surface area contributed by atoms with Crippen LogP contribution in [0.15, 0.2) is 12.4 Å². The van der Waals surface area contributed by atoms with Crippen molar-refractivity contribution in [1.82, 2.24) is 9.55 Å². The van der Waals surface area contributed by atoms with Crippen LogP contribution in [0.3, 0.4) is 0 Å². The van der Waals surface area contributed by atoms with E-state index in [0.29, 0.717) is 18.1 Å². The molecule has 0 amide bonds. The van der Waals surface area contributed by atoms with Crippen molar-refractivity contribution in [2.75, 3.05) is 30.5 Å². The molecule has 0 saturated heterocycles. The smallest absolute Gasteiger partial charge is 0.203 e. The number of hydrogen-bond acceptors (Lipinski definition) is 4. The molecule has 1 N–H and O–H groups in total. The van der Waals surface area contributed by atoms with Gasteiger partial charge < -0.3 is 14.6 Å². The summed E-state index contributed by atoms with van der Waals surface area (Å²) in [4.78, 5) is 4.24. The maximum Gasteiger partial charge on any atom is 0.203 e. The predicted molar refractivity (Wildman–Crippen MR) is 70.7 cm³/mol. The van der Waals surface area contributed by atoms with E-state index >= 15 is 0 Å². The van der Waals surface area contributed by atoms with Crippen molar-refractivity contribution in [1.29, 1.82) is 0 Å². The lowest BCUT2D eigenvalue weighted by Crippen LogP contribution is -2.23. The van der Waals surface area contributed by atoms with Crippen LogP contribution in [0.1, 0.15) is 13.8 Å². The summed E-state index contributed by atoms with van der Waals surface area (Å²) in [5.74, 6) is 2.18. The lowest BCUT2D eigenvalue weighted by atomic mass is 10.4. The topological polar surface area (TPSA) is 56.2 Å². The van der Waals surface area contributed by atoms with E-state index in [2.05, 4.69) is 10.3 Å². The predicted octanol–water partition coefficient (Wildman–Crippen LogP) is 1.10. The summed E-state index contributed by atoms with van der Waals surface area (Å²) in [7, 11) is 0.939. The van der Waals surface area contributed by atoms with Crippen LogP contribution < -0.4 is 5.32 Å². The Hall–Kier alpha value is -0.880. The van der Waals surface area contributed by atoms with Crippen LogP contribution in [-0.4, -0.2) is 45.0 Å². The quantitative estimate of drug-likeness (QED) is 0.759. The minimum Gasteiger partial charge on any atom is -0.383 e. The molecule has 0 fully saturated rings. The molecule has 2 atom stereocenters. The van der Waals surface area contributed by atoms with Gasteiger partial charge >= 0.3 is 0 Å². The second-order valence-electron chi connectivity index (χ2n) is 3.88. The lowest BCUT2D eigenvalue weighted by Gasteiger charge is -2.15. The molecular weight excluding hydrogens is 238 g/mol. The average molecular weight is 259 g/mol. The van der Waals surface area contributed by atoms with Gasteiger partial charge in [0, 0.05) is 54.4 Å². The molecule has 0 aliphatic rings. The van der Waals surface area contributed by atoms with Gasteiger partial charge in [-0.1, -0.05) is 6.92 Å². The van der Waals surface area contributed by atoms with Crippen LogP contribution >= 0.6 is 0 Å². The third-order valence-electron chi connectivity index (χ3n) is 2.39. The van der Waals surface area contributed by atoms with Crippen LogP contribution in [0.4, 0.5) is 5.95 Å². The third kappa shape index (κ3) is 4.87. The summed E-state index contributed by atoms with van der Waals surface area (Å²) in [6.07, 6.45) is 3.64. The van der Waals surface area contributed by atoms with E-state index in [4.69, 9.17) is 4.74 Å². The van der Waals surface area contributed by atoms with Gasteiger partial charge in [0.15, 0.2) is 0 Å². The maximum absolute atomic E-state index is 11.4. The molecule has 0 spiro atoms. The number of aryl methyl sites for hydroxylation is 1. The largest absolute Gasteiger partial charge is 0.383 e. The molecule has 1 rings (SSSR count). The van der Waals surface area contributed by atoms with Gasteiger partial charge in [-0.15, -0.1) is 0 Å². The summed E-state index contributed by atoms with van der Waals surface area (Å²) in [6, 6.07) is 0.206. The van der Waals surface area contributed by atoms with Gasteiger partial charge in [0.2, 0.25) is 5.95 Å². The fourth-order valence-electron chi connectivity index (χ4n) is 1.49. The van der Waals surface area contributed by atoms with E-state index in [1.165, 1.54) is 0 Å². The summed E-state index contributed by atoms with van der Waals surface area (Å²) < 4.78 is 18.4. The molecule has 0 aromatic carbocycles. The van der Waals surface area contributed by atoms with Gasteiger partial charge in [-0.25, -0.2) is 4.98 Å². The van der Waals surface area contributed by atoms with Crippen LogP contribution in [0.2, 0.25) is 0 Å². The van der Waals surface area contributed by atoms with Gasteiger partial charge in [0.25, 0.3) is 0 Å². The van der Waals surface area contributed by atoms with E-state index in [9.17, 15) is 4.21 Å². The van der Waals surface area contributed by atoms with Crippen molar-refractivity contribution in [2.45, 2.75) is 26.4 Å². The van der Waals surface area contributed by atoms with E-state index in [-0.39, 0.29) is 6.04 Å². The Morgan fingerprint density at radius 2 is 2.41 bits per heavy atom. The highest BCUT2D eigenvalue weighted by molar-refractivity contribution is 7.84. The molecule has 5 nitrogen and oxygen atoms in total. The standard InChI is InChI=1S/C11H21N3O2S/c1-4-17(15)8-7-14-6-5-12-11(14)13-10(2)9-16-3/h5-6,10H,4,7-9H2,1-3H3,(H,12,13). The van der Waals surface area contributed by atoms with Crippen molar-refractivity contribution in [3.05, 3.63) is 12.4 Å². The third-order valence-corrected chi connectivity index (χ3v) is 3.67. The van der Waals surface area contributed by atoms with Crippen LogP contribution in [0.5, 0.6) is 0 Å². The number of aromatic nitrogens is 2. The summed E-state index contributed by atoms with van der Waals surface area (Å²) in [5, 5.41) is 3.26. The van der Waals surface area contributed by atoms with Crippen LogP contribution in [-0.2, 0) is 22.1 Å². The number of methoxy groups -OCH3 is 1. The second kappa shape index (κ2) is 7.45. The lowest BCUT2D eigenvalue weighted by molar-refractivity contribution is 0.190. The summed E-state index contributed by atoms with van der Waals surface area (Å²) >= 11 is 0. The number of nitrogens with zero attached hydrogens (tertiary/aromatic N) is 2. The van der Waals surface area contributed by atoms with E-state index in [1.807, 2.05) is 24.6 Å². The summed E-state index contributed by atoms with van der Waals surface area (Å²) in [6.45, 7) is 5.33. The second-order valence-corrected chi connectivity index (χ2v) is 5.74. The highest BCUT2D eigenvalue weighted by Gasteiger charge is 2.07. The normalized spacial score (nSPS) is 14.5. The first kappa shape index (κ1) is 14.2. The van der Waals surface area contributed by atoms with Crippen molar-refractivity contribution in [3.8, 4) is 0 Å². The molecule has 0 aliphatic heterocycles. The Balaban J connectivity index is 2.50. The molecular formula is C11H21N3O2S. The number of ether oxygens (including phenoxy) is 1. The summed E-state index contributed by atoms with van der Waals surface area (Å²) in [5.41, 5.74) is 0. The van der Waals surface area contributed by atoms with Crippen molar-refractivity contribution >= 4 is 16.7 Å². The molecule has 1 aromatic rings. The van der Waals surface area contributed by atoms with Crippen molar-refractivity contribution < 1.29 is 8.95 Å². The molecule has 98 valence electrons. The number of nitrogens with one attached hydrogen (secondary N) is 1. The van der Waals surface area contributed by atoms with E-state index in [0.717, 1.165) is 12.5 Å². The molecule has 17 heavy (non-hydrogen) atoms. The first-order chi connectivity index (χ1) is 8.17. The first-order valence-electron chi connectivity index (χ1n) is 5.79. The minimum atomic E-state index is -0.737. The van der Waals surface area contributed by atoms with Crippen LogP contribution in [0.25, 0.3) is 0 Å². The molecule has 0 aliphatic carbocycles. The molecule has 0 saturated carbocycles. The van der Waals surface area contributed by atoms with Gasteiger partial charge in [0.05, 0.1) is 6.61 Å². The number of rotatable bonds is 8. The van der Waals surface area contributed by atoms with Gasteiger partial charge in [0.1, 0.15) is 0 Å². The van der Waals surface area contributed by atoms with Gasteiger partial charge in [-0.3, -0.25) is 4.21 Å². The zero-order chi connectivity index (χ0) is 12.7.